The topological polar surface area (TPSA) is 79.4 Å². The van der Waals surface area contributed by atoms with Gasteiger partial charge in [0.15, 0.2) is 0 Å². The molecule has 0 fully saturated rings. The van der Waals surface area contributed by atoms with Crippen molar-refractivity contribution in [1.29, 1.82) is 0 Å². The van der Waals surface area contributed by atoms with Crippen LogP contribution in [0.15, 0.2) is 71.9 Å². The van der Waals surface area contributed by atoms with Crippen LogP contribution in [0.1, 0.15) is 21.5 Å². The molecule has 3 aromatic rings. The maximum atomic E-state index is 14.1. The summed E-state index contributed by atoms with van der Waals surface area (Å²) in [6.45, 7) is 0.636. The van der Waals surface area contributed by atoms with E-state index in [1.165, 1.54) is 22.5 Å². The summed E-state index contributed by atoms with van der Waals surface area (Å²) in [5.74, 6) is -1.09. The Kier molecular flexibility index (Phi) is 5.50. The van der Waals surface area contributed by atoms with E-state index in [1.54, 1.807) is 30.6 Å². The zero-order valence-electron chi connectivity index (χ0n) is 16.1. The number of amides is 1. The normalized spacial score (nSPS) is 13.2. The van der Waals surface area contributed by atoms with E-state index in [9.17, 15) is 17.6 Å². The summed E-state index contributed by atoms with van der Waals surface area (Å²) < 4.78 is 41.3. The molecule has 0 atom stereocenters. The van der Waals surface area contributed by atoms with Crippen LogP contribution >= 0.6 is 0 Å². The maximum Gasteiger partial charge on any atom is 0.267 e. The first-order chi connectivity index (χ1) is 14.5. The van der Waals surface area contributed by atoms with Crippen molar-refractivity contribution in [2.75, 3.05) is 17.4 Å². The molecule has 4 rings (SSSR count). The van der Waals surface area contributed by atoms with Crippen LogP contribution in [0.5, 0.6) is 0 Å². The van der Waals surface area contributed by atoms with Gasteiger partial charge in [-0.1, -0.05) is 24.3 Å². The third-order valence-corrected chi connectivity index (χ3v) is 6.87. The van der Waals surface area contributed by atoms with Gasteiger partial charge in [-0.3, -0.25) is 14.1 Å². The molecular weight excluding hydrogens is 405 g/mol. The number of hydrogen-bond acceptors (Lipinski definition) is 4. The number of benzene rings is 2. The Morgan fingerprint density at radius 3 is 2.73 bits per heavy atom. The average molecular weight is 425 g/mol. The Labute approximate surface area is 174 Å². The lowest BCUT2D eigenvalue weighted by atomic mass is 10.1. The zero-order valence-corrected chi connectivity index (χ0v) is 16.9. The van der Waals surface area contributed by atoms with Gasteiger partial charge in [-0.2, -0.15) is 0 Å². The van der Waals surface area contributed by atoms with E-state index in [2.05, 4.69) is 10.3 Å². The maximum absolute atomic E-state index is 14.1. The minimum atomic E-state index is -4.06. The molecule has 2 aromatic carbocycles. The minimum absolute atomic E-state index is 0.206. The van der Waals surface area contributed by atoms with Crippen LogP contribution < -0.4 is 9.62 Å². The smallest absolute Gasteiger partial charge is 0.267 e. The molecule has 154 valence electrons. The monoisotopic (exact) mass is 425 g/mol. The van der Waals surface area contributed by atoms with Crippen LogP contribution in [0.4, 0.5) is 10.1 Å². The number of carbonyl (C=O) groups is 1. The summed E-state index contributed by atoms with van der Waals surface area (Å²) in [5.41, 5.74) is 2.59. The molecule has 0 saturated carbocycles. The lowest BCUT2D eigenvalue weighted by Crippen LogP contribution is -2.30. The average Bonchev–Trinajstić information content (AvgIpc) is 3.19. The van der Waals surface area contributed by atoms with Gasteiger partial charge in [-0.25, -0.2) is 12.8 Å². The van der Waals surface area contributed by atoms with Crippen molar-refractivity contribution in [2.24, 2.45) is 0 Å². The van der Waals surface area contributed by atoms with Gasteiger partial charge in [-0.15, -0.1) is 0 Å². The van der Waals surface area contributed by atoms with Gasteiger partial charge in [0.25, 0.3) is 15.9 Å². The predicted molar refractivity (Wildman–Crippen MR) is 111 cm³/mol. The second kappa shape index (κ2) is 8.23. The van der Waals surface area contributed by atoms with E-state index in [1.807, 2.05) is 12.1 Å². The molecule has 6 nitrogen and oxygen atoms in total. The van der Waals surface area contributed by atoms with Gasteiger partial charge >= 0.3 is 0 Å². The number of nitrogens with one attached hydrogen (secondary N) is 1. The summed E-state index contributed by atoms with van der Waals surface area (Å²) in [6.07, 6.45) is 4.57. The second-order valence-electron chi connectivity index (χ2n) is 6.97. The Bertz CT molecular complexity index is 1180. The molecule has 1 N–H and O–H groups in total. The highest BCUT2D eigenvalue weighted by molar-refractivity contribution is 7.92. The van der Waals surface area contributed by atoms with Crippen molar-refractivity contribution < 1.29 is 17.6 Å². The highest BCUT2D eigenvalue weighted by atomic mass is 32.2. The minimum Gasteiger partial charge on any atom is -0.352 e. The van der Waals surface area contributed by atoms with E-state index in [0.717, 1.165) is 17.2 Å². The third-order valence-electron chi connectivity index (χ3n) is 5.03. The van der Waals surface area contributed by atoms with Crippen LogP contribution in [0.25, 0.3) is 0 Å². The van der Waals surface area contributed by atoms with Crippen molar-refractivity contribution in [3.8, 4) is 0 Å². The summed E-state index contributed by atoms with van der Waals surface area (Å²) >= 11 is 0. The second-order valence-corrected chi connectivity index (χ2v) is 8.80. The van der Waals surface area contributed by atoms with E-state index in [4.69, 9.17) is 0 Å². The first kappa shape index (κ1) is 20.0. The first-order valence-electron chi connectivity index (χ1n) is 9.54. The van der Waals surface area contributed by atoms with Gasteiger partial charge in [0.2, 0.25) is 0 Å². The fourth-order valence-electron chi connectivity index (χ4n) is 3.48. The number of rotatable bonds is 6. The van der Waals surface area contributed by atoms with Crippen molar-refractivity contribution in [3.63, 3.8) is 0 Å². The lowest BCUT2D eigenvalue weighted by Gasteiger charge is -2.20. The highest BCUT2D eigenvalue weighted by Crippen LogP contribution is 2.34. The predicted octanol–water partition coefficient (Wildman–Crippen LogP) is 2.94. The Hall–Kier alpha value is -3.26. The molecule has 1 aliphatic heterocycles. The number of sulfonamides is 1. The molecular formula is C22H20FN3O3S. The molecule has 1 aliphatic rings. The van der Waals surface area contributed by atoms with Crippen LogP contribution in [0, 0.1) is 5.82 Å². The fourth-order valence-corrected chi connectivity index (χ4v) is 5.04. The molecule has 1 amide bonds. The summed E-state index contributed by atoms with van der Waals surface area (Å²) in [4.78, 5) is 16.2. The van der Waals surface area contributed by atoms with Gasteiger partial charge in [0.05, 0.1) is 5.69 Å². The number of fused-ring (bicyclic) bond motifs is 1. The third kappa shape index (κ3) is 3.91. The summed E-state index contributed by atoms with van der Waals surface area (Å²) in [6, 6.07) is 14.1. The van der Waals surface area contributed by atoms with Crippen molar-refractivity contribution in [2.45, 2.75) is 17.7 Å². The van der Waals surface area contributed by atoms with Crippen LogP contribution in [-0.4, -0.2) is 32.4 Å². The zero-order chi connectivity index (χ0) is 21.1. The van der Waals surface area contributed by atoms with Crippen LogP contribution in [0.3, 0.4) is 0 Å². The Morgan fingerprint density at radius 2 is 1.97 bits per heavy atom. The first-order valence-corrected chi connectivity index (χ1v) is 11.0. The van der Waals surface area contributed by atoms with Crippen molar-refractivity contribution >= 4 is 21.6 Å². The van der Waals surface area contributed by atoms with Gasteiger partial charge < -0.3 is 5.32 Å². The molecule has 0 unspecified atom stereocenters. The number of carbonyl (C=O) groups excluding carboxylic acids is 1. The number of hydrogen-bond donors (Lipinski definition) is 1. The number of halogens is 1. The van der Waals surface area contributed by atoms with Gasteiger partial charge in [0, 0.05) is 31.0 Å². The van der Waals surface area contributed by atoms with Crippen LogP contribution in [0.2, 0.25) is 0 Å². The summed E-state index contributed by atoms with van der Waals surface area (Å²) in [7, 11) is -4.06. The molecule has 2 heterocycles. The molecule has 0 radical (unpaired) electrons. The standard InChI is InChI=1S/C22H20FN3O3S/c23-19-5-1-2-6-21(19)30(28,29)26-13-10-17-7-8-18(14-20(17)26)22(27)25-12-9-16-4-3-11-24-15-16/h1-8,11,14-15H,9-10,12-13H2,(H,25,27). The van der Waals surface area contributed by atoms with E-state index < -0.39 is 15.8 Å². The molecule has 1 aromatic heterocycles. The number of anilines is 1. The lowest BCUT2D eigenvalue weighted by molar-refractivity contribution is 0.0954. The molecule has 0 aliphatic carbocycles. The highest BCUT2D eigenvalue weighted by Gasteiger charge is 2.33. The fraction of sp³-hybridized carbons (Fsp3) is 0.182. The van der Waals surface area contributed by atoms with Gasteiger partial charge in [-0.05, 0) is 54.3 Å². The Balaban J connectivity index is 1.53. The van der Waals surface area contributed by atoms with E-state index in [-0.39, 0.29) is 17.3 Å². The van der Waals surface area contributed by atoms with E-state index >= 15 is 0 Å². The molecule has 0 bridgehead atoms. The van der Waals surface area contributed by atoms with Crippen LogP contribution in [-0.2, 0) is 22.9 Å². The quantitative estimate of drug-likeness (QED) is 0.659. The molecule has 0 saturated heterocycles. The van der Waals surface area contributed by atoms with Crippen molar-refractivity contribution in [1.82, 2.24) is 10.3 Å². The number of aromatic nitrogens is 1. The number of pyridine rings is 1. The largest absolute Gasteiger partial charge is 0.352 e. The molecule has 0 spiro atoms. The van der Waals surface area contributed by atoms with E-state index in [0.29, 0.717) is 30.6 Å². The van der Waals surface area contributed by atoms with Gasteiger partial charge in [0.1, 0.15) is 10.7 Å². The summed E-state index contributed by atoms with van der Waals surface area (Å²) in [5, 5.41) is 2.84. The SMILES string of the molecule is O=C(NCCc1cccnc1)c1ccc2c(c1)N(S(=O)(=O)c1ccccc1F)CC2. The molecule has 8 heteroatoms. The van der Waals surface area contributed by atoms with Crippen molar-refractivity contribution in [3.05, 3.63) is 89.5 Å². The molecule has 30 heavy (non-hydrogen) atoms. The number of nitrogens with zero attached hydrogens (tertiary/aromatic N) is 2. The Morgan fingerprint density at radius 1 is 1.13 bits per heavy atom.